The highest BCUT2D eigenvalue weighted by atomic mass is 35.5. The maximum atomic E-state index is 12.5. The second-order valence-corrected chi connectivity index (χ2v) is 4.58. The van der Waals surface area contributed by atoms with Crippen LogP contribution in [-0.2, 0) is 6.18 Å². The Morgan fingerprint density at radius 1 is 1.25 bits per heavy atom. The van der Waals surface area contributed by atoms with E-state index in [9.17, 15) is 18.0 Å². The number of halogens is 4. The largest absolute Gasteiger partial charge is 0.416 e. The van der Waals surface area contributed by atoms with Gasteiger partial charge in [0.05, 0.1) is 5.56 Å². The van der Waals surface area contributed by atoms with Gasteiger partial charge in [-0.1, -0.05) is 6.07 Å². The lowest BCUT2D eigenvalue weighted by Gasteiger charge is -2.23. The molecular weight excluding hydrogens is 293 g/mol. The molecule has 0 bridgehead atoms. The lowest BCUT2D eigenvalue weighted by atomic mass is 10.1. The van der Waals surface area contributed by atoms with Crippen LogP contribution in [0.2, 0.25) is 0 Å². The summed E-state index contributed by atoms with van der Waals surface area (Å²) in [6, 6.07) is 4.52. The van der Waals surface area contributed by atoms with Crippen LogP contribution in [0.25, 0.3) is 0 Å². The molecule has 0 saturated carbocycles. The standard InChI is InChI=1S/C13H15F3N2O.ClH/c14-13(15,16)10-3-1-2-9(8-10)12(19)18-11-4-6-17-7-5-11;/h1-3,8,11,17H,4-7H2,(H,18,19);1H. The maximum Gasteiger partial charge on any atom is 0.416 e. The van der Waals surface area contributed by atoms with Gasteiger partial charge in [-0.15, -0.1) is 12.4 Å². The fourth-order valence-electron chi connectivity index (χ4n) is 2.07. The van der Waals surface area contributed by atoms with Crippen molar-refractivity contribution in [1.29, 1.82) is 0 Å². The average molecular weight is 309 g/mol. The summed E-state index contributed by atoms with van der Waals surface area (Å²) in [6.45, 7) is 1.63. The van der Waals surface area contributed by atoms with Crippen molar-refractivity contribution in [3.05, 3.63) is 35.4 Å². The molecule has 7 heteroatoms. The molecule has 0 aliphatic carbocycles. The van der Waals surface area contributed by atoms with Crippen LogP contribution in [0, 0.1) is 0 Å². The third-order valence-corrected chi connectivity index (χ3v) is 3.13. The lowest BCUT2D eigenvalue weighted by Crippen LogP contribution is -2.42. The van der Waals surface area contributed by atoms with E-state index in [4.69, 9.17) is 0 Å². The number of rotatable bonds is 2. The highest BCUT2D eigenvalue weighted by molar-refractivity contribution is 5.94. The number of amides is 1. The second kappa shape index (κ2) is 6.95. The van der Waals surface area contributed by atoms with Crippen molar-refractivity contribution >= 4 is 18.3 Å². The van der Waals surface area contributed by atoms with Gasteiger partial charge in [0.1, 0.15) is 0 Å². The number of nitrogens with one attached hydrogen (secondary N) is 2. The Morgan fingerprint density at radius 3 is 2.50 bits per heavy atom. The van der Waals surface area contributed by atoms with E-state index in [-0.39, 0.29) is 24.0 Å². The predicted molar refractivity (Wildman–Crippen MR) is 72.0 cm³/mol. The molecule has 0 spiro atoms. The zero-order valence-electron chi connectivity index (χ0n) is 10.7. The van der Waals surface area contributed by atoms with Crippen LogP contribution in [-0.4, -0.2) is 25.0 Å². The molecule has 2 rings (SSSR count). The summed E-state index contributed by atoms with van der Waals surface area (Å²) in [4.78, 5) is 11.9. The smallest absolute Gasteiger partial charge is 0.349 e. The predicted octanol–water partition coefficient (Wildman–Crippen LogP) is 2.61. The fraction of sp³-hybridized carbons (Fsp3) is 0.462. The van der Waals surface area contributed by atoms with Crippen LogP contribution in [0.15, 0.2) is 24.3 Å². The minimum Gasteiger partial charge on any atom is -0.349 e. The van der Waals surface area contributed by atoms with Gasteiger partial charge in [-0.25, -0.2) is 0 Å². The number of hydrogen-bond acceptors (Lipinski definition) is 2. The Morgan fingerprint density at radius 2 is 1.90 bits per heavy atom. The molecule has 0 atom stereocenters. The zero-order valence-corrected chi connectivity index (χ0v) is 11.5. The summed E-state index contributed by atoms with van der Waals surface area (Å²) in [7, 11) is 0. The van der Waals surface area contributed by atoms with Gasteiger partial charge in [0.15, 0.2) is 0 Å². The molecule has 3 nitrogen and oxygen atoms in total. The number of alkyl halides is 3. The van der Waals surface area contributed by atoms with E-state index in [1.54, 1.807) is 0 Å². The van der Waals surface area contributed by atoms with Crippen LogP contribution >= 0.6 is 12.4 Å². The summed E-state index contributed by atoms with van der Waals surface area (Å²) in [5.41, 5.74) is -0.751. The first-order valence-corrected chi connectivity index (χ1v) is 6.15. The number of carbonyl (C=O) groups is 1. The summed E-state index contributed by atoms with van der Waals surface area (Å²) >= 11 is 0. The molecule has 1 amide bonds. The van der Waals surface area contributed by atoms with E-state index in [0.717, 1.165) is 38.1 Å². The third kappa shape index (κ3) is 4.38. The van der Waals surface area contributed by atoms with Gasteiger partial charge in [0.2, 0.25) is 0 Å². The first-order valence-electron chi connectivity index (χ1n) is 6.15. The Labute approximate surface area is 121 Å². The van der Waals surface area contributed by atoms with Gasteiger partial charge in [-0.2, -0.15) is 13.2 Å². The van der Waals surface area contributed by atoms with Crippen molar-refractivity contribution in [3.63, 3.8) is 0 Å². The summed E-state index contributed by atoms with van der Waals surface area (Å²) in [5, 5.41) is 5.92. The van der Waals surface area contributed by atoms with Gasteiger partial charge in [-0.3, -0.25) is 4.79 Å². The topological polar surface area (TPSA) is 41.1 Å². The highest BCUT2D eigenvalue weighted by Gasteiger charge is 2.31. The number of benzene rings is 1. The molecule has 1 aliphatic heterocycles. The van der Waals surface area contributed by atoms with Gasteiger partial charge >= 0.3 is 6.18 Å². The lowest BCUT2D eigenvalue weighted by molar-refractivity contribution is -0.137. The zero-order chi connectivity index (χ0) is 13.9. The Hall–Kier alpha value is -1.27. The summed E-state index contributed by atoms with van der Waals surface area (Å²) in [5.74, 6) is -0.446. The van der Waals surface area contributed by atoms with Crippen LogP contribution < -0.4 is 10.6 Å². The van der Waals surface area contributed by atoms with Crippen molar-refractivity contribution in [2.75, 3.05) is 13.1 Å². The molecule has 0 unspecified atom stereocenters. The minimum atomic E-state index is -4.43. The molecule has 1 aromatic rings. The molecule has 2 N–H and O–H groups in total. The minimum absolute atomic E-state index is 0. The molecule has 1 fully saturated rings. The van der Waals surface area contributed by atoms with Crippen molar-refractivity contribution in [1.82, 2.24) is 10.6 Å². The molecule has 1 aliphatic rings. The van der Waals surface area contributed by atoms with Crippen LogP contribution in [0.5, 0.6) is 0 Å². The van der Waals surface area contributed by atoms with Crippen LogP contribution in [0.3, 0.4) is 0 Å². The SMILES string of the molecule is Cl.O=C(NC1CCNCC1)c1cccc(C(F)(F)F)c1. The first-order chi connectivity index (χ1) is 8.97. The van der Waals surface area contributed by atoms with Gasteiger partial charge in [0.25, 0.3) is 5.91 Å². The average Bonchev–Trinajstić information content (AvgIpc) is 2.39. The van der Waals surface area contributed by atoms with Crippen molar-refractivity contribution in [2.45, 2.75) is 25.1 Å². The normalized spacial score (nSPS) is 16.4. The monoisotopic (exact) mass is 308 g/mol. The Balaban J connectivity index is 0.00000200. The Bertz CT molecular complexity index is 459. The van der Waals surface area contributed by atoms with Crippen LogP contribution in [0.1, 0.15) is 28.8 Å². The molecule has 0 radical (unpaired) electrons. The van der Waals surface area contributed by atoms with E-state index in [1.807, 2.05) is 0 Å². The molecule has 1 heterocycles. The molecule has 20 heavy (non-hydrogen) atoms. The molecule has 112 valence electrons. The summed E-state index contributed by atoms with van der Waals surface area (Å²) in [6.07, 6.45) is -2.83. The second-order valence-electron chi connectivity index (χ2n) is 4.58. The van der Waals surface area contributed by atoms with Crippen molar-refractivity contribution < 1.29 is 18.0 Å². The van der Waals surface area contributed by atoms with Crippen LogP contribution in [0.4, 0.5) is 13.2 Å². The van der Waals surface area contributed by atoms with E-state index >= 15 is 0 Å². The molecule has 1 saturated heterocycles. The molecule has 1 aromatic carbocycles. The summed E-state index contributed by atoms with van der Waals surface area (Å²) < 4.78 is 37.6. The third-order valence-electron chi connectivity index (χ3n) is 3.13. The fourth-order valence-corrected chi connectivity index (χ4v) is 2.07. The van der Waals surface area contributed by atoms with E-state index in [1.165, 1.54) is 12.1 Å². The quantitative estimate of drug-likeness (QED) is 0.882. The van der Waals surface area contributed by atoms with Gasteiger partial charge in [0, 0.05) is 11.6 Å². The van der Waals surface area contributed by atoms with Gasteiger partial charge < -0.3 is 10.6 Å². The highest BCUT2D eigenvalue weighted by Crippen LogP contribution is 2.29. The maximum absolute atomic E-state index is 12.5. The molecule has 0 aromatic heterocycles. The van der Waals surface area contributed by atoms with E-state index in [2.05, 4.69) is 10.6 Å². The number of carbonyl (C=O) groups excluding carboxylic acids is 1. The van der Waals surface area contributed by atoms with Crippen molar-refractivity contribution in [2.24, 2.45) is 0 Å². The number of hydrogen-bond donors (Lipinski definition) is 2. The van der Waals surface area contributed by atoms with Gasteiger partial charge in [-0.05, 0) is 44.1 Å². The first kappa shape index (κ1) is 16.8. The Kier molecular flexibility index (Phi) is 5.83. The number of piperidine rings is 1. The van der Waals surface area contributed by atoms with E-state index in [0.29, 0.717) is 0 Å². The van der Waals surface area contributed by atoms with Crippen molar-refractivity contribution in [3.8, 4) is 0 Å². The van der Waals surface area contributed by atoms with E-state index < -0.39 is 17.6 Å². The molecular formula is C13H16ClF3N2O.